The Balaban J connectivity index is 2.38. The lowest BCUT2D eigenvalue weighted by atomic mass is 10.2. The number of nitrogens with zero attached hydrogens (tertiary/aromatic N) is 2. The molecular formula is C15H15N5O4. The van der Waals surface area contributed by atoms with Gasteiger partial charge in [-0.15, -0.1) is 5.10 Å². The molecule has 0 fully saturated rings. The van der Waals surface area contributed by atoms with Crippen LogP contribution in [0.1, 0.15) is 27.6 Å². The number of rotatable bonds is 4. The van der Waals surface area contributed by atoms with Gasteiger partial charge < -0.3 is 21.9 Å². The molecule has 0 saturated heterocycles. The molecule has 9 nitrogen and oxygen atoms in total. The zero-order chi connectivity index (χ0) is 17.9. The number of aliphatic carboxylic acids is 1. The number of carbonyl (C=O) groups is 3. The van der Waals surface area contributed by atoms with E-state index in [2.05, 4.69) is 10.4 Å². The molecule has 124 valence electrons. The van der Waals surface area contributed by atoms with E-state index in [1.807, 2.05) is 0 Å². The van der Waals surface area contributed by atoms with E-state index in [0.717, 1.165) is 10.8 Å². The maximum Gasteiger partial charge on any atom is 0.352 e. The first-order valence-electron chi connectivity index (χ1n) is 6.77. The largest absolute Gasteiger partial charge is 0.477 e. The molecule has 0 radical (unpaired) electrons. The Morgan fingerprint density at radius 1 is 1.21 bits per heavy atom. The lowest BCUT2D eigenvalue weighted by molar-refractivity contribution is -0.132. The average Bonchev–Trinajstić information content (AvgIpc) is 2.83. The van der Waals surface area contributed by atoms with Gasteiger partial charge in [0.15, 0.2) is 5.82 Å². The van der Waals surface area contributed by atoms with Crippen LogP contribution in [0.3, 0.4) is 0 Å². The third kappa shape index (κ3) is 3.40. The van der Waals surface area contributed by atoms with Gasteiger partial charge in [-0.3, -0.25) is 9.59 Å². The summed E-state index contributed by atoms with van der Waals surface area (Å²) in [5, 5.41) is 15.3. The topological polar surface area (TPSA) is 153 Å². The van der Waals surface area contributed by atoms with Crippen LogP contribution in [-0.4, -0.2) is 32.7 Å². The molecule has 24 heavy (non-hydrogen) atoms. The van der Waals surface area contributed by atoms with Crippen LogP contribution in [0.2, 0.25) is 0 Å². The van der Waals surface area contributed by atoms with Gasteiger partial charge in [-0.05, 0) is 18.2 Å². The maximum absolute atomic E-state index is 12.1. The summed E-state index contributed by atoms with van der Waals surface area (Å²) in [6, 6.07) is 8.08. The number of anilines is 2. The minimum atomic E-state index is -1.39. The van der Waals surface area contributed by atoms with Crippen molar-refractivity contribution in [1.82, 2.24) is 15.1 Å². The van der Waals surface area contributed by atoms with Gasteiger partial charge in [0.1, 0.15) is 11.5 Å². The Morgan fingerprint density at radius 2 is 1.83 bits per heavy atom. The van der Waals surface area contributed by atoms with Gasteiger partial charge in [0, 0.05) is 12.5 Å². The second-order valence-corrected chi connectivity index (χ2v) is 4.80. The molecular weight excluding hydrogens is 314 g/mol. The van der Waals surface area contributed by atoms with Gasteiger partial charge in [-0.1, -0.05) is 18.2 Å². The number of hydrogen-bond acceptors (Lipinski definition) is 6. The molecule has 6 N–H and O–H groups in total. The molecule has 1 aromatic carbocycles. The lowest BCUT2D eigenvalue weighted by Gasteiger charge is -2.06. The summed E-state index contributed by atoms with van der Waals surface area (Å²) in [5.41, 5.74) is 11.3. The number of nitrogen functional groups attached to an aromatic ring is 2. The van der Waals surface area contributed by atoms with Gasteiger partial charge in [0.2, 0.25) is 5.91 Å². The van der Waals surface area contributed by atoms with E-state index in [1.54, 1.807) is 18.2 Å². The summed E-state index contributed by atoms with van der Waals surface area (Å²) in [5.74, 6) is -2.74. The number of nitrogens with one attached hydrogen (secondary N) is 1. The van der Waals surface area contributed by atoms with Crippen LogP contribution in [-0.2, 0) is 4.79 Å². The first-order valence-corrected chi connectivity index (χ1v) is 6.77. The summed E-state index contributed by atoms with van der Waals surface area (Å²) in [7, 11) is 0. The van der Waals surface area contributed by atoms with Crippen LogP contribution >= 0.6 is 0 Å². The maximum atomic E-state index is 12.1. The van der Waals surface area contributed by atoms with Crippen molar-refractivity contribution in [2.75, 3.05) is 11.5 Å². The molecule has 0 aliphatic rings. The normalized spacial score (nSPS) is 11.1. The van der Waals surface area contributed by atoms with Gasteiger partial charge in [-0.2, -0.15) is 4.68 Å². The summed E-state index contributed by atoms with van der Waals surface area (Å²) >= 11 is 0. The monoisotopic (exact) mass is 329 g/mol. The van der Waals surface area contributed by atoms with Crippen molar-refractivity contribution in [2.24, 2.45) is 0 Å². The number of carboxylic acid groups (broad SMARTS) is 1. The van der Waals surface area contributed by atoms with Crippen LogP contribution in [0.4, 0.5) is 11.6 Å². The molecule has 1 heterocycles. The van der Waals surface area contributed by atoms with Crippen molar-refractivity contribution < 1.29 is 19.5 Å². The lowest BCUT2D eigenvalue weighted by Crippen LogP contribution is -2.27. The highest BCUT2D eigenvalue weighted by Crippen LogP contribution is 2.22. The molecule has 2 rings (SSSR count). The van der Waals surface area contributed by atoms with E-state index in [1.165, 1.54) is 19.1 Å². The molecule has 0 atom stereocenters. The molecule has 0 aliphatic carbocycles. The van der Waals surface area contributed by atoms with Crippen molar-refractivity contribution in [3.05, 3.63) is 47.2 Å². The Hall–Kier alpha value is -3.62. The number of benzene rings is 1. The number of amides is 1. The summed E-state index contributed by atoms with van der Waals surface area (Å²) in [6.45, 7) is 1.23. The molecule has 2 aromatic rings. The Bertz CT molecular complexity index is 839. The second-order valence-electron chi connectivity index (χ2n) is 4.80. The molecule has 1 amide bonds. The molecule has 0 saturated carbocycles. The third-order valence-corrected chi connectivity index (χ3v) is 3.09. The van der Waals surface area contributed by atoms with Gasteiger partial charge in [0.05, 0.1) is 5.56 Å². The van der Waals surface area contributed by atoms with Gasteiger partial charge in [0.25, 0.3) is 5.91 Å². The summed E-state index contributed by atoms with van der Waals surface area (Å²) in [6.07, 6.45) is 1.06. The Morgan fingerprint density at radius 3 is 2.33 bits per heavy atom. The van der Waals surface area contributed by atoms with Crippen LogP contribution < -0.4 is 16.8 Å². The summed E-state index contributed by atoms with van der Waals surface area (Å²) in [4.78, 5) is 34.8. The Labute approximate surface area is 136 Å². The van der Waals surface area contributed by atoms with Gasteiger partial charge in [-0.25, -0.2) is 4.79 Å². The highest BCUT2D eigenvalue weighted by molar-refractivity contribution is 6.03. The number of aromatic nitrogens is 2. The average molecular weight is 329 g/mol. The van der Waals surface area contributed by atoms with Crippen LogP contribution in [0.25, 0.3) is 6.08 Å². The number of carbonyl (C=O) groups excluding carboxylic acids is 2. The standard InChI is InChI=1S/C15H15N5O4/c1-8(21)20-13(17)10(12(16)19-20)7-11(15(23)24)18-14(22)9-5-3-2-4-6-9/h2-7H,17H2,1H3,(H2,16,19)(H,18,22)(H,23,24)/b11-7+. The van der Waals surface area contributed by atoms with E-state index < -0.39 is 23.5 Å². The predicted octanol–water partition coefficient (Wildman–Crippen LogP) is 0.563. The fourth-order valence-electron chi connectivity index (χ4n) is 1.93. The van der Waals surface area contributed by atoms with Crippen molar-refractivity contribution in [2.45, 2.75) is 6.92 Å². The van der Waals surface area contributed by atoms with Crippen LogP contribution in [0.15, 0.2) is 36.0 Å². The SMILES string of the molecule is CC(=O)n1nc(N)c(/C=C(/NC(=O)c2ccccc2)C(=O)O)c1N. The van der Waals surface area contributed by atoms with Crippen LogP contribution in [0.5, 0.6) is 0 Å². The first kappa shape index (κ1) is 16.7. The molecule has 0 unspecified atom stereocenters. The zero-order valence-corrected chi connectivity index (χ0v) is 12.7. The molecule has 0 aliphatic heterocycles. The highest BCUT2D eigenvalue weighted by atomic mass is 16.4. The number of nitrogens with two attached hydrogens (primary N) is 2. The smallest absolute Gasteiger partial charge is 0.352 e. The first-order chi connectivity index (χ1) is 11.3. The highest BCUT2D eigenvalue weighted by Gasteiger charge is 2.18. The molecule has 0 spiro atoms. The third-order valence-electron chi connectivity index (χ3n) is 3.09. The number of hydrogen-bond donors (Lipinski definition) is 4. The van der Waals surface area contributed by atoms with E-state index in [9.17, 15) is 19.5 Å². The fraction of sp³-hybridized carbons (Fsp3) is 0.0667. The second kappa shape index (κ2) is 6.65. The van der Waals surface area contributed by atoms with Crippen LogP contribution in [0, 0.1) is 0 Å². The van der Waals surface area contributed by atoms with Crippen molar-refractivity contribution in [3.63, 3.8) is 0 Å². The minimum Gasteiger partial charge on any atom is -0.477 e. The zero-order valence-electron chi connectivity index (χ0n) is 12.7. The van der Waals surface area contributed by atoms with E-state index in [4.69, 9.17) is 11.5 Å². The van der Waals surface area contributed by atoms with Crippen molar-refractivity contribution in [1.29, 1.82) is 0 Å². The molecule has 0 bridgehead atoms. The Kier molecular flexibility index (Phi) is 4.64. The molecule has 1 aromatic heterocycles. The van der Waals surface area contributed by atoms with E-state index in [-0.39, 0.29) is 22.8 Å². The summed E-state index contributed by atoms with van der Waals surface area (Å²) < 4.78 is 0.847. The predicted molar refractivity (Wildman–Crippen MR) is 86.9 cm³/mol. The van der Waals surface area contributed by atoms with E-state index >= 15 is 0 Å². The fourth-order valence-corrected chi connectivity index (χ4v) is 1.93. The minimum absolute atomic E-state index is 0.0379. The molecule has 9 heteroatoms. The quantitative estimate of drug-likeness (QED) is 0.598. The van der Waals surface area contributed by atoms with Gasteiger partial charge >= 0.3 is 5.97 Å². The van der Waals surface area contributed by atoms with Crippen molar-refractivity contribution in [3.8, 4) is 0 Å². The van der Waals surface area contributed by atoms with Crippen molar-refractivity contribution >= 4 is 35.5 Å². The van der Waals surface area contributed by atoms with E-state index in [0.29, 0.717) is 0 Å². The number of carboxylic acids is 1.